The summed E-state index contributed by atoms with van der Waals surface area (Å²) in [5, 5.41) is 20.0. The van der Waals surface area contributed by atoms with Gasteiger partial charge in [0.05, 0.1) is 12.2 Å². The fraction of sp³-hybridized carbons (Fsp3) is 0.579. The number of nitrogens with zero attached hydrogens (tertiary/aromatic N) is 2. The van der Waals surface area contributed by atoms with E-state index in [1.807, 2.05) is 35.2 Å². The molecular formula is C19H24N2O2. The summed E-state index contributed by atoms with van der Waals surface area (Å²) >= 11 is 0. The first-order chi connectivity index (χ1) is 11.2. The van der Waals surface area contributed by atoms with Crippen LogP contribution < -0.4 is 0 Å². The van der Waals surface area contributed by atoms with Gasteiger partial charge in [-0.1, -0.05) is 43.2 Å². The summed E-state index contributed by atoms with van der Waals surface area (Å²) in [6, 6.07) is 11.9. The van der Waals surface area contributed by atoms with Crippen LogP contribution in [0.5, 0.6) is 0 Å². The zero-order valence-electron chi connectivity index (χ0n) is 13.4. The van der Waals surface area contributed by atoms with E-state index < -0.39 is 11.5 Å². The Morgan fingerprint density at radius 2 is 2.00 bits per heavy atom. The van der Waals surface area contributed by atoms with Gasteiger partial charge >= 0.3 is 0 Å². The monoisotopic (exact) mass is 312 g/mol. The summed E-state index contributed by atoms with van der Waals surface area (Å²) in [5.74, 6) is 0.000242. The van der Waals surface area contributed by atoms with Crippen LogP contribution in [0.1, 0.15) is 56.6 Å². The first kappa shape index (κ1) is 16.0. The fourth-order valence-corrected chi connectivity index (χ4v) is 4.04. The van der Waals surface area contributed by atoms with E-state index in [1.54, 1.807) is 0 Å². The third-order valence-corrected chi connectivity index (χ3v) is 5.40. The summed E-state index contributed by atoms with van der Waals surface area (Å²) in [7, 11) is 0. The number of aliphatic hydroxyl groups excluding tert-OH is 1. The van der Waals surface area contributed by atoms with Gasteiger partial charge in [0, 0.05) is 12.6 Å². The third-order valence-electron chi connectivity index (χ3n) is 5.40. The number of likely N-dealkylation sites (tertiary alicyclic amines) is 1. The van der Waals surface area contributed by atoms with Crippen molar-refractivity contribution in [2.24, 2.45) is 5.41 Å². The fourth-order valence-electron chi connectivity index (χ4n) is 4.04. The second kappa shape index (κ2) is 6.72. The van der Waals surface area contributed by atoms with E-state index in [4.69, 9.17) is 0 Å². The molecule has 2 aliphatic rings. The molecule has 0 aromatic heterocycles. The van der Waals surface area contributed by atoms with Crippen LogP contribution in [0.15, 0.2) is 30.3 Å². The van der Waals surface area contributed by atoms with Gasteiger partial charge in [-0.2, -0.15) is 5.26 Å². The second-order valence-electron chi connectivity index (χ2n) is 6.86. The number of hydrogen-bond acceptors (Lipinski definition) is 3. The number of carbonyl (C=O) groups is 1. The number of benzene rings is 1. The maximum Gasteiger partial charge on any atom is 0.243 e. The average Bonchev–Trinajstić information content (AvgIpc) is 3.25. The van der Waals surface area contributed by atoms with E-state index in [0.717, 1.165) is 31.2 Å². The number of aliphatic hydroxyl groups is 1. The zero-order valence-corrected chi connectivity index (χ0v) is 13.4. The Morgan fingerprint density at radius 3 is 2.65 bits per heavy atom. The molecule has 1 aliphatic heterocycles. The second-order valence-corrected chi connectivity index (χ2v) is 6.86. The minimum atomic E-state index is -0.805. The third kappa shape index (κ3) is 3.11. The lowest BCUT2D eigenvalue weighted by Crippen LogP contribution is -2.45. The van der Waals surface area contributed by atoms with Gasteiger partial charge in [0.25, 0.3) is 0 Å². The predicted octanol–water partition coefficient (Wildman–Crippen LogP) is 3.19. The van der Waals surface area contributed by atoms with Crippen molar-refractivity contribution in [3.63, 3.8) is 0 Å². The molecule has 2 unspecified atom stereocenters. The van der Waals surface area contributed by atoms with Gasteiger partial charge in [0.1, 0.15) is 5.41 Å². The molecule has 1 aliphatic carbocycles. The van der Waals surface area contributed by atoms with Crippen molar-refractivity contribution < 1.29 is 9.90 Å². The first-order valence-electron chi connectivity index (χ1n) is 8.62. The Balaban J connectivity index is 1.71. The first-order valence-corrected chi connectivity index (χ1v) is 8.62. The van der Waals surface area contributed by atoms with Crippen LogP contribution >= 0.6 is 0 Å². The average molecular weight is 312 g/mol. The van der Waals surface area contributed by atoms with Crippen molar-refractivity contribution >= 4 is 5.91 Å². The van der Waals surface area contributed by atoms with Crippen molar-refractivity contribution in [3.05, 3.63) is 35.9 Å². The van der Waals surface area contributed by atoms with E-state index in [-0.39, 0.29) is 11.9 Å². The number of rotatable bonds is 4. The van der Waals surface area contributed by atoms with Crippen LogP contribution in [0.2, 0.25) is 0 Å². The SMILES string of the molecule is N#CC1(C(=O)N2CCCC2CC(O)c2ccccc2)CCCC1. The highest BCUT2D eigenvalue weighted by Crippen LogP contribution is 2.41. The van der Waals surface area contributed by atoms with Gasteiger partial charge in [0.2, 0.25) is 5.91 Å². The van der Waals surface area contributed by atoms with Crippen LogP contribution in [0.3, 0.4) is 0 Å². The van der Waals surface area contributed by atoms with Gasteiger partial charge in [-0.3, -0.25) is 4.79 Å². The summed E-state index contributed by atoms with van der Waals surface area (Å²) < 4.78 is 0. The normalized spacial score (nSPS) is 24.3. The van der Waals surface area contributed by atoms with Gasteiger partial charge in [0.15, 0.2) is 0 Å². The van der Waals surface area contributed by atoms with E-state index in [2.05, 4.69) is 6.07 Å². The molecule has 23 heavy (non-hydrogen) atoms. The van der Waals surface area contributed by atoms with Crippen LogP contribution in [0, 0.1) is 16.7 Å². The highest BCUT2D eigenvalue weighted by Gasteiger charge is 2.46. The summed E-state index contributed by atoms with van der Waals surface area (Å²) in [6.45, 7) is 0.717. The summed E-state index contributed by atoms with van der Waals surface area (Å²) in [5.41, 5.74) is 0.0861. The number of carbonyl (C=O) groups excluding carboxylic acids is 1. The molecule has 1 N–H and O–H groups in total. The molecule has 2 fully saturated rings. The molecule has 2 atom stereocenters. The van der Waals surface area contributed by atoms with Crippen LogP contribution in [-0.2, 0) is 4.79 Å². The van der Waals surface area contributed by atoms with Gasteiger partial charge in [-0.25, -0.2) is 0 Å². The maximum absolute atomic E-state index is 13.0. The minimum absolute atomic E-state index is 0.000242. The lowest BCUT2D eigenvalue weighted by atomic mass is 9.86. The predicted molar refractivity (Wildman–Crippen MR) is 87.3 cm³/mol. The highest BCUT2D eigenvalue weighted by atomic mass is 16.3. The van der Waals surface area contributed by atoms with Crippen molar-refractivity contribution in [3.8, 4) is 6.07 Å². The summed E-state index contributed by atoms with van der Waals surface area (Å²) in [6.07, 6.45) is 5.17. The quantitative estimate of drug-likeness (QED) is 0.928. The molecule has 0 spiro atoms. The lowest BCUT2D eigenvalue weighted by Gasteiger charge is -2.32. The molecule has 1 amide bonds. The smallest absolute Gasteiger partial charge is 0.243 e. The molecule has 1 saturated carbocycles. The van der Waals surface area contributed by atoms with Crippen molar-refractivity contribution in [1.29, 1.82) is 5.26 Å². The van der Waals surface area contributed by atoms with Crippen molar-refractivity contribution in [2.75, 3.05) is 6.54 Å². The maximum atomic E-state index is 13.0. The van der Waals surface area contributed by atoms with E-state index in [1.165, 1.54) is 0 Å². The molecular weight excluding hydrogens is 288 g/mol. The molecule has 0 radical (unpaired) electrons. The number of amides is 1. The molecule has 122 valence electrons. The topological polar surface area (TPSA) is 64.3 Å². The largest absolute Gasteiger partial charge is 0.388 e. The highest BCUT2D eigenvalue weighted by molar-refractivity contribution is 5.86. The van der Waals surface area contributed by atoms with Gasteiger partial charge in [-0.15, -0.1) is 0 Å². The molecule has 1 aromatic rings. The summed E-state index contributed by atoms with van der Waals surface area (Å²) in [4.78, 5) is 14.8. The molecule has 1 saturated heterocycles. The van der Waals surface area contributed by atoms with Crippen LogP contribution in [0.25, 0.3) is 0 Å². The molecule has 3 rings (SSSR count). The molecule has 1 heterocycles. The van der Waals surface area contributed by atoms with Crippen molar-refractivity contribution in [2.45, 2.75) is 57.1 Å². The number of nitriles is 1. The Hall–Kier alpha value is -1.86. The molecule has 4 heteroatoms. The molecule has 1 aromatic carbocycles. The molecule has 0 bridgehead atoms. The van der Waals surface area contributed by atoms with E-state index in [9.17, 15) is 15.2 Å². The Bertz CT molecular complexity index is 587. The van der Waals surface area contributed by atoms with Gasteiger partial charge in [-0.05, 0) is 37.7 Å². The number of hydrogen-bond donors (Lipinski definition) is 1. The minimum Gasteiger partial charge on any atom is -0.388 e. The van der Waals surface area contributed by atoms with E-state index in [0.29, 0.717) is 25.8 Å². The van der Waals surface area contributed by atoms with Crippen LogP contribution in [-0.4, -0.2) is 28.5 Å². The zero-order chi connectivity index (χ0) is 16.3. The lowest BCUT2D eigenvalue weighted by molar-refractivity contribution is -0.140. The Labute approximate surface area is 137 Å². The van der Waals surface area contributed by atoms with Crippen LogP contribution in [0.4, 0.5) is 0 Å². The Morgan fingerprint density at radius 1 is 1.30 bits per heavy atom. The Kier molecular flexibility index (Phi) is 4.68. The standard InChI is InChI=1S/C19H24N2O2/c20-14-19(10-4-5-11-19)18(23)21-12-6-9-16(21)13-17(22)15-7-2-1-3-8-15/h1-3,7-8,16-17,22H,4-6,9-13H2. The van der Waals surface area contributed by atoms with Crippen molar-refractivity contribution in [1.82, 2.24) is 4.90 Å². The molecule has 4 nitrogen and oxygen atoms in total. The van der Waals surface area contributed by atoms with Gasteiger partial charge < -0.3 is 10.0 Å². The van der Waals surface area contributed by atoms with E-state index >= 15 is 0 Å².